The molecule has 1 rings (SSSR count). The first-order valence-electron chi connectivity index (χ1n) is 5.99. The van der Waals surface area contributed by atoms with Crippen molar-refractivity contribution in [2.75, 3.05) is 12.3 Å². The third-order valence-corrected chi connectivity index (χ3v) is 3.01. The van der Waals surface area contributed by atoms with Gasteiger partial charge in [0.15, 0.2) is 0 Å². The van der Waals surface area contributed by atoms with Gasteiger partial charge in [-0.15, -0.1) is 0 Å². The number of halogens is 1. The van der Waals surface area contributed by atoms with Crippen LogP contribution in [0.3, 0.4) is 0 Å². The molecule has 0 aliphatic carbocycles. The zero-order chi connectivity index (χ0) is 13.4. The van der Waals surface area contributed by atoms with E-state index in [0.29, 0.717) is 18.0 Å². The largest absolute Gasteiger partial charge is 0.491 e. The molecule has 1 aromatic carbocycles. The molecule has 18 heavy (non-hydrogen) atoms. The predicted molar refractivity (Wildman–Crippen MR) is 74.8 cm³/mol. The molecule has 0 saturated carbocycles. The van der Waals surface area contributed by atoms with E-state index in [1.165, 1.54) is 0 Å². The van der Waals surface area contributed by atoms with Crippen molar-refractivity contribution < 1.29 is 14.6 Å². The second-order valence-corrected chi connectivity index (χ2v) is 5.00. The van der Waals surface area contributed by atoms with Crippen molar-refractivity contribution >= 4 is 27.6 Å². The summed E-state index contributed by atoms with van der Waals surface area (Å²) >= 11 is 3.33. The SMILES string of the molecule is Nc1cc(Br)ccc1OCCCCCCC(=O)O. The second-order valence-electron chi connectivity index (χ2n) is 4.09. The number of unbranched alkanes of at least 4 members (excludes halogenated alkanes) is 3. The van der Waals surface area contributed by atoms with E-state index in [1.54, 1.807) is 0 Å². The Bertz CT molecular complexity index is 396. The van der Waals surface area contributed by atoms with E-state index in [0.717, 1.165) is 30.2 Å². The fourth-order valence-electron chi connectivity index (χ4n) is 1.56. The number of carboxylic acids is 1. The van der Waals surface area contributed by atoms with Crippen molar-refractivity contribution in [3.63, 3.8) is 0 Å². The van der Waals surface area contributed by atoms with Crippen molar-refractivity contribution in [3.8, 4) is 5.75 Å². The Morgan fingerprint density at radius 1 is 1.28 bits per heavy atom. The van der Waals surface area contributed by atoms with E-state index in [4.69, 9.17) is 15.6 Å². The number of carbonyl (C=O) groups is 1. The Kier molecular flexibility index (Phi) is 6.57. The molecule has 1 aromatic rings. The Balaban J connectivity index is 2.12. The zero-order valence-corrected chi connectivity index (χ0v) is 11.8. The number of hydrogen-bond acceptors (Lipinski definition) is 3. The highest BCUT2D eigenvalue weighted by Gasteiger charge is 2.01. The smallest absolute Gasteiger partial charge is 0.303 e. The van der Waals surface area contributed by atoms with Gasteiger partial charge in [0, 0.05) is 10.9 Å². The summed E-state index contributed by atoms with van der Waals surface area (Å²) in [6, 6.07) is 5.53. The number of ether oxygens (including phenoxy) is 1. The molecule has 0 atom stereocenters. The average Bonchev–Trinajstić information content (AvgIpc) is 2.30. The molecule has 0 bridgehead atoms. The molecule has 0 unspecified atom stereocenters. The number of anilines is 1. The third kappa shape index (κ3) is 5.91. The van der Waals surface area contributed by atoms with Gasteiger partial charge in [0.05, 0.1) is 12.3 Å². The van der Waals surface area contributed by atoms with Crippen LogP contribution in [-0.2, 0) is 4.79 Å². The lowest BCUT2D eigenvalue weighted by Gasteiger charge is -2.08. The number of nitrogen functional groups attached to an aromatic ring is 1. The number of hydrogen-bond donors (Lipinski definition) is 2. The van der Waals surface area contributed by atoms with Crippen molar-refractivity contribution in [2.24, 2.45) is 0 Å². The van der Waals surface area contributed by atoms with E-state index in [9.17, 15) is 4.79 Å². The van der Waals surface area contributed by atoms with Crippen LogP contribution in [0.15, 0.2) is 22.7 Å². The molecular weight excluding hydrogens is 298 g/mol. The molecule has 0 amide bonds. The van der Waals surface area contributed by atoms with E-state index in [2.05, 4.69) is 15.9 Å². The molecular formula is C13H18BrNO3. The van der Waals surface area contributed by atoms with Crippen LogP contribution in [0.4, 0.5) is 5.69 Å². The van der Waals surface area contributed by atoms with Crippen LogP contribution < -0.4 is 10.5 Å². The Morgan fingerprint density at radius 3 is 2.67 bits per heavy atom. The highest BCUT2D eigenvalue weighted by Crippen LogP contribution is 2.25. The molecule has 0 heterocycles. The summed E-state index contributed by atoms with van der Waals surface area (Å²) in [7, 11) is 0. The fourth-order valence-corrected chi connectivity index (χ4v) is 1.94. The fraction of sp³-hybridized carbons (Fsp3) is 0.462. The first-order valence-corrected chi connectivity index (χ1v) is 6.78. The van der Waals surface area contributed by atoms with Crippen LogP contribution in [0.2, 0.25) is 0 Å². The maximum atomic E-state index is 10.3. The molecule has 4 nitrogen and oxygen atoms in total. The number of aliphatic carboxylic acids is 1. The number of benzene rings is 1. The minimum Gasteiger partial charge on any atom is -0.491 e. The van der Waals surface area contributed by atoms with E-state index < -0.39 is 5.97 Å². The molecule has 0 saturated heterocycles. The van der Waals surface area contributed by atoms with Gasteiger partial charge in [0.25, 0.3) is 0 Å². The molecule has 3 N–H and O–H groups in total. The maximum absolute atomic E-state index is 10.3. The Morgan fingerprint density at radius 2 is 2.00 bits per heavy atom. The normalized spacial score (nSPS) is 10.3. The number of carboxylic acid groups (broad SMARTS) is 1. The van der Waals surface area contributed by atoms with Gasteiger partial charge in [0.1, 0.15) is 5.75 Å². The molecule has 0 aliphatic heterocycles. The highest BCUT2D eigenvalue weighted by atomic mass is 79.9. The summed E-state index contributed by atoms with van der Waals surface area (Å²) in [5.74, 6) is -0.0300. The molecule has 0 aliphatic rings. The second kappa shape index (κ2) is 7.97. The number of rotatable bonds is 8. The lowest BCUT2D eigenvalue weighted by molar-refractivity contribution is -0.137. The van der Waals surface area contributed by atoms with Crippen molar-refractivity contribution in [1.82, 2.24) is 0 Å². The molecule has 0 fully saturated rings. The van der Waals surface area contributed by atoms with Gasteiger partial charge in [0.2, 0.25) is 0 Å². The van der Waals surface area contributed by atoms with E-state index >= 15 is 0 Å². The predicted octanol–water partition coefficient (Wildman–Crippen LogP) is 3.45. The van der Waals surface area contributed by atoms with E-state index in [-0.39, 0.29) is 6.42 Å². The lowest BCUT2D eigenvalue weighted by atomic mass is 10.1. The Labute approximate surface area is 115 Å². The summed E-state index contributed by atoms with van der Waals surface area (Å²) in [6.45, 7) is 0.610. The highest BCUT2D eigenvalue weighted by molar-refractivity contribution is 9.10. The summed E-state index contributed by atoms with van der Waals surface area (Å²) in [5.41, 5.74) is 6.42. The maximum Gasteiger partial charge on any atom is 0.303 e. The van der Waals surface area contributed by atoms with Crippen LogP contribution in [-0.4, -0.2) is 17.7 Å². The topological polar surface area (TPSA) is 72.5 Å². The quantitative estimate of drug-likeness (QED) is 0.569. The first kappa shape index (κ1) is 14.8. The summed E-state index contributed by atoms with van der Waals surface area (Å²) < 4.78 is 6.49. The zero-order valence-electron chi connectivity index (χ0n) is 10.2. The van der Waals surface area contributed by atoms with Gasteiger partial charge in [-0.1, -0.05) is 28.8 Å². The summed E-state index contributed by atoms with van der Waals surface area (Å²) in [5, 5.41) is 8.48. The lowest BCUT2D eigenvalue weighted by Crippen LogP contribution is -2.00. The van der Waals surface area contributed by atoms with Gasteiger partial charge in [-0.3, -0.25) is 4.79 Å². The standard InChI is InChI=1S/C13H18BrNO3/c14-10-6-7-12(11(15)9-10)18-8-4-2-1-3-5-13(16)17/h6-7,9H,1-5,8,15H2,(H,16,17). The number of nitrogens with two attached hydrogens (primary N) is 1. The third-order valence-electron chi connectivity index (χ3n) is 2.51. The van der Waals surface area contributed by atoms with Crippen LogP contribution in [0.25, 0.3) is 0 Å². The summed E-state index contributed by atoms with van der Waals surface area (Å²) in [6.07, 6.45) is 3.79. The minimum atomic E-state index is -0.728. The van der Waals surface area contributed by atoms with Gasteiger partial charge < -0.3 is 15.6 Å². The monoisotopic (exact) mass is 315 g/mol. The van der Waals surface area contributed by atoms with Crippen molar-refractivity contribution in [3.05, 3.63) is 22.7 Å². The van der Waals surface area contributed by atoms with Gasteiger partial charge in [-0.05, 0) is 31.0 Å². The molecule has 100 valence electrons. The van der Waals surface area contributed by atoms with Gasteiger partial charge in [-0.2, -0.15) is 0 Å². The van der Waals surface area contributed by atoms with Crippen LogP contribution in [0, 0.1) is 0 Å². The molecule has 0 aromatic heterocycles. The van der Waals surface area contributed by atoms with Gasteiger partial charge >= 0.3 is 5.97 Å². The van der Waals surface area contributed by atoms with Crippen molar-refractivity contribution in [2.45, 2.75) is 32.1 Å². The Hall–Kier alpha value is -1.23. The van der Waals surface area contributed by atoms with Crippen molar-refractivity contribution in [1.29, 1.82) is 0 Å². The molecule has 0 spiro atoms. The van der Waals surface area contributed by atoms with Gasteiger partial charge in [-0.25, -0.2) is 0 Å². The minimum absolute atomic E-state index is 0.251. The average molecular weight is 316 g/mol. The molecule has 0 radical (unpaired) electrons. The first-order chi connectivity index (χ1) is 8.59. The van der Waals surface area contributed by atoms with Crippen LogP contribution >= 0.6 is 15.9 Å². The van der Waals surface area contributed by atoms with Crippen LogP contribution in [0.1, 0.15) is 32.1 Å². The van der Waals surface area contributed by atoms with Crippen LogP contribution in [0.5, 0.6) is 5.75 Å². The molecule has 5 heteroatoms. The summed E-state index contributed by atoms with van der Waals surface area (Å²) in [4.78, 5) is 10.3. The van der Waals surface area contributed by atoms with E-state index in [1.807, 2.05) is 18.2 Å².